The van der Waals surface area contributed by atoms with E-state index in [9.17, 15) is 14.7 Å². The molecule has 3 aromatic rings. The van der Waals surface area contributed by atoms with E-state index in [2.05, 4.69) is 10.00 Å². The number of aromatic carboxylic acids is 1. The maximum absolute atomic E-state index is 13.3. The Morgan fingerprint density at radius 2 is 1.78 bits per heavy atom. The van der Waals surface area contributed by atoms with Crippen molar-refractivity contribution in [1.29, 1.82) is 0 Å². The summed E-state index contributed by atoms with van der Waals surface area (Å²) in [6.45, 7) is 6.23. The molecule has 1 aliphatic carbocycles. The normalized spacial score (nSPS) is 12.8. The molecule has 0 radical (unpaired) electrons. The molecule has 216 valence electrons. The summed E-state index contributed by atoms with van der Waals surface area (Å²) >= 11 is 0. The fourth-order valence-corrected chi connectivity index (χ4v) is 4.68. The molecule has 0 atom stereocenters. The minimum atomic E-state index is -1.13. The van der Waals surface area contributed by atoms with E-state index in [1.807, 2.05) is 65.3 Å². The number of carbonyl (C=O) groups excluding carboxylic acids is 1. The van der Waals surface area contributed by atoms with Crippen molar-refractivity contribution in [3.63, 3.8) is 0 Å². The molecule has 0 unspecified atom stereocenters. The zero-order valence-corrected chi connectivity index (χ0v) is 24.3. The van der Waals surface area contributed by atoms with Gasteiger partial charge < -0.3 is 24.4 Å². The summed E-state index contributed by atoms with van der Waals surface area (Å²) in [6.07, 6.45) is 3.17. The van der Waals surface area contributed by atoms with Gasteiger partial charge in [0.1, 0.15) is 11.5 Å². The van der Waals surface area contributed by atoms with Gasteiger partial charge in [0.25, 0.3) is 5.91 Å². The predicted molar refractivity (Wildman–Crippen MR) is 162 cm³/mol. The number of carboxylic acids is 1. The fraction of sp³-hybridized carbons (Fsp3) is 0.452. The molecule has 1 aromatic heterocycles. The van der Waals surface area contributed by atoms with Crippen LogP contribution in [-0.4, -0.2) is 136 Å². The van der Waals surface area contributed by atoms with E-state index in [0.29, 0.717) is 53.1 Å². The van der Waals surface area contributed by atoms with Gasteiger partial charge in [0.15, 0.2) is 5.69 Å². The van der Waals surface area contributed by atoms with Gasteiger partial charge in [0, 0.05) is 19.2 Å². The number of nitrogens with zero attached hydrogens (tertiary/aromatic N) is 4. The van der Waals surface area contributed by atoms with Crippen LogP contribution < -0.4 is 9.47 Å². The number of hydrogen-bond acceptors (Lipinski definition) is 6. The van der Waals surface area contributed by atoms with Crippen LogP contribution in [0.25, 0.3) is 16.9 Å². The van der Waals surface area contributed by atoms with Crippen molar-refractivity contribution in [1.82, 2.24) is 19.6 Å². The number of aromatic nitrogens is 2. The molecule has 1 aliphatic rings. The molecule has 0 spiro atoms. The van der Waals surface area contributed by atoms with Crippen molar-refractivity contribution in [2.75, 3.05) is 47.9 Å². The van der Waals surface area contributed by atoms with Crippen molar-refractivity contribution in [3.8, 4) is 28.4 Å². The molecule has 1 N–H and O–H groups in total. The van der Waals surface area contributed by atoms with Gasteiger partial charge in [0.05, 0.1) is 30.7 Å². The van der Waals surface area contributed by atoms with Gasteiger partial charge in [-0.1, -0.05) is 19.9 Å². The van der Waals surface area contributed by atoms with Crippen molar-refractivity contribution >= 4 is 63.3 Å². The molecule has 9 nitrogen and oxygen atoms in total. The van der Waals surface area contributed by atoms with Gasteiger partial charge in [-0.15, -0.1) is 0 Å². The fourth-order valence-electron chi connectivity index (χ4n) is 4.68. The third-order valence-corrected chi connectivity index (χ3v) is 7.13. The molecule has 10 heteroatoms. The van der Waals surface area contributed by atoms with Crippen molar-refractivity contribution in [2.24, 2.45) is 5.92 Å². The van der Waals surface area contributed by atoms with E-state index in [4.69, 9.17) is 9.47 Å². The van der Waals surface area contributed by atoms with Crippen molar-refractivity contribution in [2.45, 2.75) is 39.0 Å². The minimum absolute atomic E-state index is 0. The Kier molecular flexibility index (Phi) is 12.0. The molecule has 1 fully saturated rings. The number of carbonyl (C=O) groups is 2. The van der Waals surface area contributed by atoms with Gasteiger partial charge in [-0.05, 0) is 93.7 Å². The molecule has 1 saturated carbocycles. The van der Waals surface area contributed by atoms with Crippen LogP contribution in [0.3, 0.4) is 0 Å². The number of carboxylic acid groups (broad SMARTS) is 1. The van der Waals surface area contributed by atoms with Gasteiger partial charge in [-0.3, -0.25) is 4.79 Å². The Morgan fingerprint density at radius 3 is 2.39 bits per heavy atom. The molecular formula is C31H41KN4O5. The summed E-state index contributed by atoms with van der Waals surface area (Å²) in [5.41, 5.74) is 3.25. The first kappa shape index (κ1) is 33.3. The summed E-state index contributed by atoms with van der Waals surface area (Å²) in [4.78, 5) is 29.2. The van der Waals surface area contributed by atoms with E-state index in [1.165, 1.54) is 0 Å². The summed E-state index contributed by atoms with van der Waals surface area (Å²) in [5.74, 6) is 0.560. The van der Waals surface area contributed by atoms with Gasteiger partial charge >= 0.3 is 57.4 Å². The first-order valence-corrected chi connectivity index (χ1v) is 13.8. The van der Waals surface area contributed by atoms with Crippen LogP contribution in [0, 0.1) is 5.92 Å². The standard InChI is InChI=1S/C31H40N4O5.K.H/c1-20(2)23-17-22(30(36)34(5)16-8-15-33(3)4)13-14-25(23)35-26(18-24(32-35)31(37)38)29-27(39-6)9-7-10-28(29)40-19-21-11-12-21;;/h7,9-10,13-14,17-18,20-21H,8,11-12,15-16,19H2,1-6H3,(H,37,38);;. The summed E-state index contributed by atoms with van der Waals surface area (Å²) in [5, 5.41) is 14.4. The molecule has 0 aliphatic heterocycles. The molecule has 0 saturated heterocycles. The van der Waals surface area contributed by atoms with Gasteiger partial charge in [-0.25, -0.2) is 9.48 Å². The maximum atomic E-state index is 13.3. The number of hydrogen-bond donors (Lipinski definition) is 1. The predicted octanol–water partition coefficient (Wildman–Crippen LogP) is 4.53. The van der Waals surface area contributed by atoms with E-state index in [-0.39, 0.29) is 68.9 Å². The van der Waals surface area contributed by atoms with Crippen LogP contribution in [-0.2, 0) is 0 Å². The Balaban J connectivity index is 0.00000462. The number of ether oxygens (including phenoxy) is 2. The Labute approximate surface area is 285 Å². The third-order valence-electron chi connectivity index (χ3n) is 7.13. The first-order chi connectivity index (χ1) is 19.1. The molecule has 4 rings (SSSR count). The van der Waals surface area contributed by atoms with Gasteiger partial charge in [-0.2, -0.15) is 5.10 Å². The first-order valence-electron chi connectivity index (χ1n) is 13.8. The van der Waals surface area contributed by atoms with Crippen LogP contribution in [0.2, 0.25) is 0 Å². The molecular weight excluding hydrogens is 547 g/mol. The SMILES string of the molecule is COc1cccc(OCC2CC2)c1-c1cc(C(=O)O)nn1-c1ccc(C(=O)N(C)CCCN(C)C)cc1C(C)C.[KH]. The van der Waals surface area contributed by atoms with E-state index < -0.39 is 5.97 Å². The van der Waals surface area contributed by atoms with Crippen molar-refractivity contribution < 1.29 is 24.2 Å². The molecule has 2 aromatic carbocycles. The van der Waals surface area contributed by atoms with Crippen LogP contribution in [0.15, 0.2) is 42.5 Å². The summed E-state index contributed by atoms with van der Waals surface area (Å²) in [7, 11) is 7.43. The zero-order chi connectivity index (χ0) is 29.0. The van der Waals surface area contributed by atoms with Crippen LogP contribution in [0.4, 0.5) is 0 Å². The van der Waals surface area contributed by atoms with Crippen LogP contribution >= 0.6 is 0 Å². The molecule has 1 amide bonds. The molecule has 0 bridgehead atoms. The number of amides is 1. The Morgan fingerprint density at radius 1 is 1.07 bits per heavy atom. The number of benzene rings is 2. The van der Waals surface area contributed by atoms with E-state index in [0.717, 1.165) is 31.4 Å². The van der Waals surface area contributed by atoms with Crippen molar-refractivity contribution in [3.05, 3.63) is 59.3 Å². The summed E-state index contributed by atoms with van der Waals surface area (Å²) in [6, 6.07) is 12.6. The molecule has 1 heterocycles. The monoisotopic (exact) mass is 588 g/mol. The average molecular weight is 589 g/mol. The van der Waals surface area contributed by atoms with E-state index in [1.54, 1.807) is 28.8 Å². The second-order valence-corrected chi connectivity index (χ2v) is 11.0. The van der Waals surface area contributed by atoms with Gasteiger partial charge in [0.2, 0.25) is 0 Å². The Hall–Kier alpha value is -2.21. The number of rotatable bonds is 13. The van der Waals surface area contributed by atoms with Crippen LogP contribution in [0.1, 0.15) is 65.4 Å². The second kappa shape index (κ2) is 14.8. The van der Waals surface area contributed by atoms with E-state index >= 15 is 0 Å². The molecule has 41 heavy (non-hydrogen) atoms. The third kappa shape index (κ3) is 8.21. The zero-order valence-electron chi connectivity index (χ0n) is 24.3. The second-order valence-electron chi connectivity index (χ2n) is 11.0. The number of methoxy groups -OCH3 is 1. The average Bonchev–Trinajstić information content (AvgIpc) is 3.66. The summed E-state index contributed by atoms with van der Waals surface area (Å²) < 4.78 is 13.5. The van der Waals surface area contributed by atoms with Crippen LogP contribution in [0.5, 0.6) is 11.5 Å². The quantitative estimate of drug-likeness (QED) is 0.293. The Bertz CT molecular complexity index is 1370. The topological polar surface area (TPSA) is 97.1 Å².